The van der Waals surface area contributed by atoms with Crippen LogP contribution >= 0.6 is 0 Å². The molecule has 85 valence electrons. The molecular formula is C9H14AgO4. The molecule has 0 saturated heterocycles. The smallest absolute Gasteiger partial charge is 0.320 e. The fourth-order valence-corrected chi connectivity index (χ4v) is 0.496. The van der Waals surface area contributed by atoms with E-state index in [0.29, 0.717) is 0 Å². The molecule has 0 saturated carbocycles. The second kappa shape index (κ2) is 6.11. The zero-order valence-corrected chi connectivity index (χ0v) is 10.1. The number of carbonyl (C=O) groups is 3. The quantitative estimate of drug-likeness (QED) is 0.434. The Bertz CT molecular complexity index is 240. The molecule has 0 spiro atoms. The molecule has 0 N–H and O–H groups in total. The van der Waals surface area contributed by atoms with E-state index in [1.165, 1.54) is 6.92 Å². The van der Waals surface area contributed by atoms with E-state index in [2.05, 4.69) is 4.74 Å². The topological polar surface area (TPSA) is 60.4 Å². The van der Waals surface area contributed by atoms with Crippen LogP contribution in [-0.2, 0) is 41.5 Å². The Hall–Kier alpha value is -0.450. The van der Waals surface area contributed by atoms with Gasteiger partial charge in [-0.1, -0.05) is 0 Å². The minimum Gasteiger partial charge on any atom is -0.392 e. The third-order valence-electron chi connectivity index (χ3n) is 1.21. The van der Waals surface area contributed by atoms with Gasteiger partial charge in [0.1, 0.15) is 12.2 Å². The van der Waals surface area contributed by atoms with Crippen LogP contribution in [0.5, 0.6) is 0 Å². The van der Waals surface area contributed by atoms with Gasteiger partial charge in [0.05, 0.1) is 5.41 Å². The zero-order valence-electron chi connectivity index (χ0n) is 8.64. The number of hydrogen-bond acceptors (Lipinski definition) is 4. The van der Waals surface area contributed by atoms with E-state index in [0.717, 1.165) is 0 Å². The van der Waals surface area contributed by atoms with E-state index in [-0.39, 0.29) is 34.6 Å². The summed E-state index contributed by atoms with van der Waals surface area (Å²) in [6, 6.07) is 0. The number of Topliss-reactive ketones (excluding diaryl/α,β-unsaturated/α-hetero) is 1. The number of ketones is 1. The Morgan fingerprint density at radius 1 is 1.14 bits per heavy atom. The van der Waals surface area contributed by atoms with Crippen LogP contribution in [0, 0.1) is 5.41 Å². The van der Waals surface area contributed by atoms with E-state index < -0.39 is 17.4 Å². The number of rotatable bonds is 2. The molecule has 0 aromatic carbocycles. The molecular weight excluding hydrogens is 280 g/mol. The van der Waals surface area contributed by atoms with Crippen molar-refractivity contribution in [3.8, 4) is 0 Å². The first-order chi connectivity index (χ1) is 5.73. The second-order valence-corrected chi connectivity index (χ2v) is 3.89. The monoisotopic (exact) mass is 293 g/mol. The van der Waals surface area contributed by atoms with Crippen molar-refractivity contribution in [2.45, 2.75) is 34.1 Å². The summed E-state index contributed by atoms with van der Waals surface area (Å²) < 4.78 is 4.43. The van der Waals surface area contributed by atoms with Crippen LogP contribution < -0.4 is 0 Å². The van der Waals surface area contributed by atoms with E-state index in [1.807, 2.05) is 0 Å². The van der Waals surface area contributed by atoms with Gasteiger partial charge in [0.2, 0.25) is 0 Å². The third kappa shape index (κ3) is 7.00. The first kappa shape index (κ1) is 16.0. The summed E-state index contributed by atoms with van der Waals surface area (Å²) in [5.41, 5.74) is -0.716. The SMILES string of the molecule is CC(=O)CC(=O)OC(=O)C(C)(C)C.[Ag]. The van der Waals surface area contributed by atoms with Gasteiger partial charge >= 0.3 is 11.9 Å². The van der Waals surface area contributed by atoms with Crippen LogP contribution in [0.15, 0.2) is 0 Å². The molecule has 0 amide bonds. The molecule has 0 aromatic rings. The molecule has 0 aliphatic rings. The Kier molecular flexibility index (Phi) is 6.99. The molecule has 0 aliphatic carbocycles. The van der Waals surface area contributed by atoms with Gasteiger partial charge in [-0.3, -0.25) is 14.4 Å². The average molecular weight is 294 g/mol. The maximum Gasteiger partial charge on any atom is 0.320 e. The second-order valence-electron chi connectivity index (χ2n) is 3.89. The summed E-state index contributed by atoms with van der Waals surface area (Å²) in [6.07, 6.45) is -0.345. The fourth-order valence-electron chi connectivity index (χ4n) is 0.496. The molecule has 0 atom stereocenters. The molecule has 5 heteroatoms. The van der Waals surface area contributed by atoms with Crippen LogP contribution in [0.4, 0.5) is 0 Å². The van der Waals surface area contributed by atoms with Crippen molar-refractivity contribution >= 4 is 17.7 Å². The summed E-state index contributed by atoms with van der Waals surface area (Å²) in [5, 5.41) is 0. The summed E-state index contributed by atoms with van der Waals surface area (Å²) >= 11 is 0. The van der Waals surface area contributed by atoms with Gasteiger partial charge in [-0.05, 0) is 27.7 Å². The van der Waals surface area contributed by atoms with Crippen LogP contribution in [-0.4, -0.2) is 17.7 Å². The van der Waals surface area contributed by atoms with Crippen LogP contribution in [0.3, 0.4) is 0 Å². The largest absolute Gasteiger partial charge is 0.392 e. The Morgan fingerprint density at radius 2 is 1.57 bits per heavy atom. The molecule has 0 bridgehead atoms. The van der Waals surface area contributed by atoms with Crippen molar-refractivity contribution < 1.29 is 41.5 Å². The molecule has 0 fully saturated rings. The van der Waals surface area contributed by atoms with Crippen LogP contribution in [0.25, 0.3) is 0 Å². The van der Waals surface area contributed by atoms with Crippen molar-refractivity contribution in [1.82, 2.24) is 0 Å². The number of ether oxygens (including phenoxy) is 1. The fraction of sp³-hybridized carbons (Fsp3) is 0.667. The number of hydrogen-bond donors (Lipinski definition) is 0. The summed E-state index contributed by atoms with van der Waals surface area (Å²) in [6.45, 7) is 6.17. The number of esters is 2. The van der Waals surface area contributed by atoms with Crippen molar-refractivity contribution in [3.05, 3.63) is 0 Å². The normalized spacial score (nSPS) is 10.0. The van der Waals surface area contributed by atoms with E-state index in [1.54, 1.807) is 20.8 Å². The first-order valence-corrected chi connectivity index (χ1v) is 3.98. The molecule has 0 aliphatic heterocycles. The van der Waals surface area contributed by atoms with Gasteiger partial charge in [-0.25, -0.2) is 0 Å². The van der Waals surface area contributed by atoms with Gasteiger partial charge in [-0.15, -0.1) is 0 Å². The molecule has 1 radical (unpaired) electrons. The van der Waals surface area contributed by atoms with Crippen molar-refractivity contribution in [1.29, 1.82) is 0 Å². The Labute approximate surface area is 98.9 Å². The summed E-state index contributed by atoms with van der Waals surface area (Å²) in [4.78, 5) is 32.4. The maximum absolute atomic E-state index is 11.1. The predicted molar refractivity (Wildman–Crippen MR) is 45.9 cm³/mol. The Morgan fingerprint density at radius 3 is 1.86 bits per heavy atom. The minimum atomic E-state index is -0.785. The van der Waals surface area contributed by atoms with Crippen LogP contribution in [0.2, 0.25) is 0 Å². The maximum atomic E-state index is 11.1. The van der Waals surface area contributed by atoms with Gasteiger partial charge in [0.15, 0.2) is 0 Å². The molecule has 0 aromatic heterocycles. The van der Waals surface area contributed by atoms with E-state index in [4.69, 9.17) is 0 Å². The van der Waals surface area contributed by atoms with E-state index in [9.17, 15) is 14.4 Å². The van der Waals surface area contributed by atoms with Gasteiger partial charge in [-0.2, -0.15) is 0 Å². The molecule has 0 rings (SSSR count). The average Bonchev–Trinajstić information content (AvgIpc) is 1.82. The minimum absolute atomic E-state index is 0. The molecule has 14 heavy (non-hydrogen) atoms. The standard InChI is InChI=1S/C9H14O4.Ag/c1-6(10)5-7(11)13-8(12)9(2,3)4;/h5H2,1-4H3;. The van der Waals surface area contributed by atoms with Gasteiger partial charge in [0, 0.05) is 22.4 Å². The van der Waals surface area contributed by atoms with Crippen molar-refractivity contribution in [2.24, 2.45) is 5.41 Å². The Balaban J connectivity index is 0. The molecule has 4 nitrogen and oxygen atoms in total. The summed E-state index contributed by atoms with van der Waals surface area (Å²) in [5.74, 6) is -1.71. The first-order valence-electron chi connectivity index (χ1n) is 3.98. The molecule has 0 heterocycles. The number of carbonyl (C=O) groups excluding carboxylic acids is 3. The summed E-state index contributed by atoms with van der Waals surface area (Å²) in [7, 11) is 0. The van der Waals surface area contributed by atoms with Crippen LogP contribution in [0.1, 0.15) is 34.1 Å². The van der Waals surface area contributed by atoms with Gasteiger partial charge in [0.25, 0.3) is 0 Å². The van der Waals surface area contributed by atoms with Crippen molar-refractivity contribution in [2.75, 3.05) is 0 Å². The van der Waals surface area contributed by atoms with E-state index >= 15 is 0 Å². The predicted octanol–water partition coefficient (Wildman–Crippen LogP) is 1.08. The van der Waals surface area contributed by atoms with Gasteiger partial charge < -0.3 is 4.74 Å². The molecule has 0 unspecified atom stereocenters. The van der Waals surface area contributed by atoms with Crippen molar-refractivity contribution in [3.63, 3.8) is 0 Å². The zero-order chi connectivity index (χ0) is 10.6. The third-order valence-corrected chi connectivity index (χ3v) is 1.21.